The van der Waals surface area contributed by atoms with Crippen LogP contribution in [0.1, 0.15) is 51.5 Å². The lowest BCUT2D eigenvalue weighted by atomic mass is 9.96. The molecule has 2 aliphatic rings. The van der Waals surface area contributed by atoms with E-state index in [1.54, 1.807) is 30.0 Å². The van der Waals surface area contributed by atoms with E-state index in [-0.39, 0.29) is 54.9 Å². The highest BCUT2D eigenvalue weighted by Crippen LogP contribution is 2.30. The predicted octanol–water partition coefficient (Wildman–Crippen LogP) is 3.75. The van der Waals surface area contributed by atoms with Crippen LogP contribution in [-0.2, 0) is 21.2 Å². The van der Waals surface area contributed by atoms with Gasteiger partial charge in [0, 0.05) is 36.8 Å². The summed E-state index contributed by atoms with van der Waals surface area (Å²) < 4.78 is 47.5. The lowest BCUT2D eigenvalue weighted by molar-refractivity contribution is -0.134. The average Bonchev–Trinajstić information content (AvgIpc) is 3.00. The Balaban J connectivity index is 1.59. The summed E-state index contributed by atoms with van der Waals surface area (Å²) in [5.74, 6) is -0.669. The molecule has 2 aromatic rings. The number of sulfonamides is 1. The minimum absolute atomic E-state index is 0.0252. The topological polar surface area (TPSA) is 128 Å². The van der Waals surface area contributed by atoms with Crippen LogP contribution in [0.4, 0.5) is 14.9 Å². The van der Waals surface area contributed by atoms with Crippen molar-refractivity contribution in [2.45, 2.75) is 75.5 Å². The first kappa shape index (κ1) is 31.7. The third kappa shape index (κ3) is 7.78. The molecule has 1 aliphatic heterocycles. The summed E-state index contributed by atoms with van der Waals surface area (Å²) >= 11 is 0. The van der Waals surface area contributed by atoms with Crippen LogP contribution in [0.5, 0.6) is 5.75 Å². The largest absolute Gasteiger partial charge is 0.488 e. The highest BCUT2D eigenvalue weighted by atomic mass is 32.2. The zero-order valence-corrected chi connectivity index (χ0v) is 25.2. The van der Waals surface area contributed by atoms with Crippen molar-refractivity contribution in [2.24, 2.45) is 5.92 Å². The van der Waals surface area contributed by atoms with Gasteiger partial charge >= 0.3 is 6.03 Å². The second-order valence-corrected chi connectivity index (χ2v) is 13.4. The molecule has 1 saturated carbocycles. The fourth-order valence-electron chi connectivity index (χ4n) is 5.46. The van der Waals surface area contributed by atoms with Gasteiger partial charge in [-0.1, -0.05) is 26.2 Å². The summed E-state index contributed by atoms with van der Waals surface area (Å²) in [5, 5.41) is 15.7. The monoisotopic (exact) mass is 604 g/mol. The van der Waals surface area contributed by atoms with Crippen molar-refractivity contribution in [3.8, 4) is 5.75 Å². The number of anilines is 1. The van der Waals surface area contributed by atoms with E-state index in [0.29, 0.717) is 17.0 Å². The van der Waals surface area contributed by atoms with Crippen molar-refractivity contribution < 1.29 is 32.2 Å². The lowest BCUT2D eigenvalue weighted by Gasteiger charge is -2.33. The molecule has 0 radical (unpaired) electrons. The number of hydrogen-bond acceptors (Lipinski definition) is 6. The number of halogens is 1. The molecule has 0 spiro atoms. The molecule has 1 aliphatic carbocycles. The average molecular weight is 605 g/mol. The maximum Gasteiger partial charge on any atom is 0.319 e. The summed E-state index contributed by atoms with van der Waals surface area (Å²) in [5.41, 5.74) is 1.04. The van der Waals surface area contributed by atoms with Crippen LogP contribution < -0.4 is 15.4 Å². The zero-order chi connectivity index (χ0) is 30.4. The summed E-state index contributed by atoms with van der Waals surface area (Å²) in [7, 11) is -2.52. The molecular weight excluding hydrogens is 563 g/mol. The third-order valence-electron chi connectivity index (χ3n) is 8.07. The highest BCUT2D eigenvalue weighted by molar-refractivity contribution is 7.89. The quantitative estimate of drug-likeness (QED) is 0.421. The van der Waals surface area contributed by atoms with Crippen LogP contribution in [0.25, 0.3) is 0 Å². The Labute approximate surface area is 247 Å². The van der Waals surface area contributed by atoms with Gasteiger partial charge in [-0.2, -0.15) is 4.31 Å². The SMILES string of the molecule is C[C@H](CO)N1C[C@H](C)[C@@H](CN(C)S(=O)(=O)c2ccc(F)cc2)Oc2ccc(NC(=O)NC3CCCCC3)cc2CC1=O. The Bertz CT molecular complexity index is 1350. The first-order valence-electron chi connectivity index (χ1n) is 14.5. The van der Waals surface area contributed by atoms with Gasteiger partial charge in [0.1, 0.15) is 17.7 Å². The van der Waals surface area contributed by atoms with Crippen LogP contribution in [0.2, 0.25) is 0 Å². The first-order valence-corrected chi connectivity index (χ1v) is 15.9. The molecule has 3 N–H and O–H groups in total. The van der Waals surface area contributed by atoms with Crippen molar-refractivity contribution in [3.05, 3.63) is 53.8 Å². The van der Waals surface area contributed by atoms with Crippen molar-refractivity contribution in [1.29, 1.82) is 0 Å². The number of carbonyl (C=O) groups excluding carboxylic acids is 2. The van der Waals surface area contributed by atoms with Crippen LogP contribution in [0.15, 0.2) is 47.4 Å². The molecule has 0 saturated heterocycles. The molecular formula is C30H41FN4O6S. The lowest BCUT2D eigenvalue weighted by Crippen LogP contribution is -2.48. The van der Waals surface area contributed by atoms with Crippen molar-refractivity contribution in [2.75, 3.05) is 32.1 Å². The normalized spacial score (nSPS) is 21.0. The van der Waals surface area contributed by atoms with E-state index in [4.69, 9.17) is 4.74 Å². The molecule has 0 bridgehead atoms. The van der Waals surface area contributed by atoms with Crippen LogP contribution >= 0.6 is 0 Å². The Kier molecular flexibility index (Phi) is 10.4. The number of carbonyl (C=O) groups is 2. The Morgan fingerprint density at radius 3 is 2.52 bits per heavy atom. The number of aliphatic hydroxyl groups is 1. The van der Waals surface area contributed by atoms with Gasteiger partial charge in [0.25, 0.3) is 0 Å². The number of hydrogen-bond donors (Lipinski definition) is 3. The number of ether oxygens (including phenoxy) is 1. The fourth-order valence-corrected chi connectivity index (χ4v) is 6.65. The van der Waals surface area contributed by atoms with Crippen LogP contribution in [0.3, 0.4) is 0 Å². The summed E-state index contributed by atoms with van der Waals surface area (Å²) in [6.45, 7) is 3.57. The maximum atomic E-state index is 13.4. The Morgan fingerprint density at radius 2 is 1.86 bits per heavy atom. The molecule has 12 heteroatoms. The number of urea groups is 1. The van der Waals surface area contributed by atoms with E-state index in [9.17, 15) is 27.5 Å². The second-order valence-electron chi connectivity index (χ2n) is 11.4. The Morgan fingerprint density at radius 1 is 1.17 bits per heavy atom. The summed E-state index contributed by atoms with van der Waals surface area (Å²) in [4.78, 5) is 27.7. The van der Waals surface area contributed by atoms with E-state index in [2.05, 4.69) is 10.6 Å². The third-order valence-corrected chi connectivity index (χ3v) is 9.91. The van der Waals surface area contributed by atoms with Gasteiger partial charge in [0.15, 0.2) is 0 Å². The minimum atomic E-state index is -3.95. The van der Waals surface area contributed by atoms with E-state index >= 15 is 0 Å². The molecule has 4 rings (SSSR count). The predicted molar refractivity (Wildman–Crippen MR) is 157 cm³/mol. The van der Waals surface area contributed by atoms with Gasteiger partial charge in [-0.25, -0.2) is 17.6 Å². The molecule has 3 amide bonds. The maximum absolute atomic E-state index is 13.4. The fraction of sp³-hybridized carbons (Fsp3) is 0.533. The van der Waals surface area contributed by atoms with Gasteiger partial charge in [0.05, 0.1) is 30.5 Å². The number of amides is 3. The van der Waals surface area contributed by atoms with Crippen molar-refractivity contribution in [3.63, 3.8) is 0 Å². The highest BCUT2D eigenvalue weighted by Gasteiger charge is 2.33. The zero-order valence-electron chi connectivity index (χ0n) is 24.4. The summed E-state index contributed by atoms with van der Waals surface area (Å²) in [6.07, 6.45) is 4.56. The number of aliphatic hydroxyl groups excluding tert-OH is 1. The van der Waals surface area contributed by atoms with E-state index in [1.807, 2.05) is 6.92 Å². The number of fused-ring (bicyclic) bond motifs is 1. The van der Waals surface area contributed by atoms with Gasteiger partial charge < -0.3 is 25.4 Å². The molecule has 0 aromatic heterocycles. The molecule has 1 fully saturated rings. The number of likely N-dealkylation sites (N-methyl/N-ethyl adjacent to an activating group) is 1. The minimum Gasteiger partial charge on any atom is -0.488 e. The molecule has 3 atom stereocenters. The van der Waals surface area contributed by atoms with Crippen molar-refractivity contribution >= 4 is 27.6 Å². The second kappa shape index (κ2) is 13.8. The number of rotatable bonds is 8. The van der Waals surface area contributed by atoms with Gasteiger partial charge in [-0.3, -0.25) is 4.79 Å². The first-order chi connectivity index (χ1) is 20.0. The van der Waals surface area contributed by atoms with Crippen LogP contribution in [0, 0.1) is 11.7 Å². The summed E-state index contributed by atoms with van der Waals surface area (Å²) in [6, 6.07) is 9.04. The molecule has 10 nitrogen and oxygen atoms in total. The number of nitrogens with one attached hydrogen (secondary N) is 2. The Hall–Kier alpha value is -3.22. The number of benzene rings is 2. The number of nitrogens with zero attached hydrogens (tertiary/aromatic N) is 2. The van der Waals surface area contributed by atoms with Gasteiger partial charge in [0.2, 0.25) is 15.9 Å². The molecule has 0 unspecified atom stereocenters. The van der Waals surface area contributed by atoms with Crippen LogP contribution in [-0.4, -0.2) is 79.6 Å². The van der Waals surface area contributed by atoms with E-state index in [1.165, 1.54) is 25.6 Å². The molecule has 42 heavy (non-hydrogen) atoms. The molecule has 2 aromatic carbocycles. The standard InChI is InChI=1S/C30H41FN4O6S/c1-20-17-35(21(2)19-36)29(37)16-22-15-25(33-30(38)32-24-7-5-4-6-8-24)11-14-27(22)41-28(20)18-34(3)42(39,40)26-12-9-23(31)10-13-26/h9-15,20-21,24,28,36H,4-8,16-19H2,1-3H3,(H2,32,33,38)/t20-,21+,28+/m0/s1. The van der Waals surface area contributed by atoms with Crippen molar-refractivity contribution in [1.82, 2.24) is 14.5 Å². The van der Waals surface area contributed by atoms with E-state index < -0.39 is 28.0 Å². The van der Waals surface area contributed by atoms with Gasteiger partial charge in [-0.15, -0.1) is 0 Å². The van der Waals surface area contributed by atoms with E-state index in [0.717, 1.165) is 42.1 Å². The molecule has 230 valence electrons. The molecule has 1 heterocycles. The smallest absolute Gasteiger partial charge is 0.319 e. The van der Waals surface area contributed by atoms with Gasteiger partial charge in [-0.05, 0) is 62.2 Å².